The van der Waals surface area contributed by atoms with E-state index in [1.54, 1.807) is 45.2 Å². The van der Waals surface area contributed by atoms with Gasteiger partial charge in [0, 0.05) is 44.7 Å². The lowest BCUT2D eigenvalue weighted by molar-refractivity contribution is -0.162. The molecule has 3 amide bonds. The lowest BCUT2D eigenvalue weighted by Gasteiger charge is -2.42. The number of nitrogens with zero attached hydrogens (tertiary/aromatic N) is 2. The third-order valence-electron chi connectivity index (χ3n) is 11.1. The van der Waals surface area contributed by atoms with Gasteiger partial charge in [-0.3, -0.25) is 19.7 Å². The number of aliphatic carboxylic acids is 1. The molecule has 4 rings (SSSR count). The van der Waals surface area contributed by atoms with Crippen LogP contribution in [0.1, 0.15) is 72.8 Å². The Bertz CT molecular complexity index is 1770. The van der Waals surface area contributed by atoms with Crippen LogP contribution < -0.4 is 15.0 Å². The van der Waals surface area contributed by atoms with Gasteiger partial charge in [-0.15, -0.1) is 11.8 Å². The van der Waals surface area contributed by atoms with Gasteiger partial charge in [-0.05, 0) is 51.3 Å². The van der Waals surface area contributed by atoms with Gasteiger partial charge in [-0.1, -0.05) is 56.2 Å². The molecule has 0 aliphatic carbocycles. The van der Waals surface area contributed by atoms with Crippen LogP contribution in [0.25, 0.3) is 0 Å². The summed E-state index contributed by atoms with van der Waals surface area (Å²) >= 11 is 7.99. The third kappa shape index (κ3) is 11.0. The summed E-state index contributed by atoms with van der Waals surface area (Å²) in [5.74, 6) is -2.87. The lowest BCUT2D eigenvalue weighted by Crippen LogP contribution is -2.63. The highest BCUT2D eigenvalue weighted by Crippen LogP contribution is 2.49. The molecule has 0 saturated carbocycles. The first kappa shape index (κ1) is 45.9. The summed E-state index contributed by atoms with van der Waals surface area (Å²) in [4.78, 5) is 67.9. The third-order valence-corrected chi connectivity index (χ3v) is 12.8. The maximum absolute atomic E-state index is 14.2. The minimum Gasteiger partial charge on any atom is -0.495 e. The average Bonchev–Trinajstić information content (AvgIpc) is 3.85. The van der Waals surface area contributed by atoms with Gasteiger partial charge in [0.2, 0.25) is 11.8 Å². The molecule has 0 aromatic heterocycles. The normalized spacial score (nSPS) is 30.1. The Morgan fingerprint density at radius 1 is 1.23 bits per heavy atom. The fraction of sp³-hybridized carbons (Fsp3) is 0.625. The molecule has 3 heterocycles. The number of carboxylic acid groups (broad SMARTS) is 1. The van der Waals surface area contributed by atoms with Crippen LogP contribution >= 0.6 is 23.4 Å². The van der Waals surface area contributed by atoms with Gasteiger partial charge in [-0.2, -0.15) is 0 Å². The van der Waals surface area contributed by atoms with Crippen molar-refractivity contribution < 1.29 is 57.9 Å². The van der Waals surface area contributed by atoms with Crippen LogP contribution in [0.5, 0.6) is 5.75 Å². The van der Waals surface area contributed by atoms with Crippen molar-refractivity contribution in [3.8, 4) is 5.75 Å². The van der Waals surface area contributed by atoms with Gasteiger partial charge in [0.1, 0.15) is 40.7 Å². The first-order valence-corrected chi connectivity index (χ1v) is 20.1. The predicted octanol–water partition coefficient (Wildman–Crippen LogP) is 4.89. The fourth-order valence-corrected chi connectivity index (χ4v) is 8.21. The van der Waals surface area contributed by atoms with Crippen molar-refractivity contribution in [3.05, 3.63) is 46.5 Å². The number of aliphatic hydroxyl groups is 1. The number of fused-ring (bicyclic) bond motifs is 5. The van der Waals surface area contributed by atoms with Crippen molar-refractivity contribution in [1.29, 1.82) is 0 Å². The smallest absolute Gasteiger partial charge is 0.409 e. The molecular weight excluding hydrogens is 782 g/mol. The van der Waals surface area contributed by atoms with E-state index in [1.807, 2.05) is 26.8 Å². The van der Waals surface area contributed by atoms with E-state index < -0.39 is 76.4 Å². The largest absolute Gasteiger partial charge is 0.495 e. The quantitative estimate of drug-likeness (QED) is 0.202. The van der Waals surface area contributed by atoms with Crippen LogP contribution in [-0.4, -0.2) is 126 Å². The number of alkyl carbamates (subject to hydrolysis) is 1. The maximum atomic E-state index is 14.2. The number of nitrogens with one attached hydrogen (secondary N) is 1. The summed E-state index contributed by atoms with van der Waals surface area (Å²) < 4.78 is 28.7. The van der Waals surface area contributed by atoms with Crippen molar-refractivity contribution >= 4 is 58.9 Å². The molecule has 1 aromatic rings. The zero-order valence-electron chi connectivity index (χ0n) is 34.3. The van der Waals surface area contributed by atoms with E-state index >= 15 is 0 Å². The van der Waals surface area contributed by atoms with Crippen LogP contribution in [-0.2, 0) is 44.5 Å². The molecule has 3 aliphatic heterocycles. The van der Waals surface area contributed by atoms with Crippen molar-refractivity contribution in [1.82, 2.24) is 10.2 Å². The molecule has 8 atom stereocenters. The minimum absolute atomic E-state index is 0.0561. The fourth-order valence-electron chi connectivity index (χ4n) is 7.13. The molecule has 0 spiro atoms. The number of ether oxygens (including phenoxy) is 5. The van der Waals surface area contributed by atoms with Gasteiger partial charge < -0.3 is 43.7 Å². The van der Waals surface area contributed by atoms with Crippen LogP contribution in [0, 0.1) is 5.92 Å². The summed E-state index contributed by atoms with van der Waals surface area (Å²) in [5, 5.41) is 23.5. The Hall–Kier alpha value is -3.83. The van der Waals surface area contributed by atoms with Crippen LogP contribution in [0.4, 0.5) is 10.5 Å². The second-order valence-corrected chi connectivity index (χ2v) is 17.9. The summed E-state index contributed by atoms with van der Waals surface area (Å²) in [6.45, 7) is 10.6. The highest BCUT2D eigenvalue weighted by Gasteiger charge is 2.64. The number of amides is 3. The Kier molecular flexibility index (Phi) is 14.8. The Morgan fingerprint density at radius 3 is 2.54 bits per heavy atom. The van der Waals surface area contributed by atoms with Crippen LogP contribution in [0.15, 0.2) is 35.9 Å². The first-order chi connectivity index (χ1) is 26.5. The van der Waals surface area contributed by atoms with Gasteiger partial charge in [-0.25, -0.2) is 9.59 Å². The summed E-state index contributed by atoms with van der Waals surface area (Å²) in [6, 6.07) is 2.48. The van der Waals surface area contributed by atoms with E-state index in [4.69, 9.17) is 40.4 Å². The number of thioether (sulfide) groups is 1. The number of likely N-dealkylation sites (N-methyl/N-ethyl adjacent to an activating group) is 1. The molecule has 4 bridgehead atoms. The summed E-state index contributed by atoms with van der Waals surface area (Å²) in [5.41, 5.74) is -1.05. The van der Waals surface area contributed by atoms with Crippen LogP contribution in [0.2, 0.25) is 5.02 Å². The molecule has 2 fully saturated rings. The molecule has 3 N–H and O–H groups in total. The van der Waals surface area contributed by atoms with E-state index in [0.29, 0.717) is 24.3 Å². The second-order valence-electron chi connectivity index (χ2n) is 15.8. The number of benzene rings is 1. The number of carboxylic acids is 1. The number of anilines is 1. The number of carbonyl (C=O) groups excluding carboxylic acids is 4. The summed E-state index contributed by atoms with van der Waals surface area (Å²) in [7, 11) is 5.93. The molecule has 3 aliphatic rings. The Morgan fingerprint density at radius 2 is 1.91 bits per heavy atom. The Balaban J connectivity index is 1.69. The van der Waals surface area contributed by atoms with E-state index in [9.17, 15) is 29.1 Å². The molecule has 8 unspecified atom stereocenters. The number of methoxy groups -OCH3 is 2. The number of hydrogen-bond acceptors (Lipinski definition) is 12. The SMILES string of the molecule is COc1cc2cc(c1Cl)N(C)C(=O)CC(OC(=O)C(C)N(C)C(=O)CCC(C)(C)SCC(=O)O)C1(C)OC1C(C)C1CC(O)(NC(=O)O1)C(OC)/C=C/C=C(\C)C2. The van der Waals surface area contributed by atoms with E-state index in [1.165, 1.54) is 49.8 Å². The molecule has 15 nitrogen and oxygen atoms in total. The van der Waals surface area contributed by atoms with Crippen molar-refractivity contribution in [2.45, 2.75) is 120 Å². The zero-order valence-corrected chi connectivity index (χ0v) is 35.8. The van der Waals surface area contributed by atoms with E-state index in [0.717, 1.165) is 11.1 Å². The predicted molar refractivity (Wildman–Crippen MR) is 214 cm³/mol. The number of halogens is 1. The van der Waals surface area contributed by atoms with Gasteiger partial charge in [0.25, 0.3) is 0 Å². The molecule has 316 valence electrons. The van der Waals surface area contributed by atoms with Gasteiger partial charge in [0.05, 0.1) is 31.1 Å². The first-order valence-electron chi connectivity index (χ1n) is 18.8. The Labute approximate surface area is 343 Å². The lowest BCUT2D eigenvalue weighted by atomic mass is 9.83. The highest BCUT2D eigenvalue weighted by molar-refractivity contribution is 8.01. The number of allylic oxidation sites excluding steroid dienone is 3. The second kappa shape index (κ2) is 18.4. The summed E-state index contributed by atoms with van der Waals surface area (Å²) in [6.07, 6.45) is 1.07. The molecule has 2 saturated heterocycles. The molecule has 57 heavy (non-hydrogen) atoms. The molecule has 17 heteroatoms. The van der Waals surface area contributed by atoms with E-state index in [2.05, 4.69) is 5.32 Å². The monoisotopic (exact) mass is 837 g/mol. The van der Waals surface area contributed by atoms with Gasteiger partial charge >= 0.3 is 18.0 Å². The average molecular weight is 838 g/mol. The van der Waals surface area contributed by atoms with Gasteiger partial charge in [0.15, 0.2) is 5.72 Å². The standard InChI is InChI=1S/C40H56ClN3O12S/c1-22-12-11-13-29(53-10)40(51)20-28(54-37(50)42-40)23(2)35-39(6,56-35)30(19-32(46)44(8)26-17-25(16-22)18-27(52-9)34(26)41)55-36(49)24(3)43(7)31(45)14-15-38(4,5)57-21-33(47)48/h11-13,17-18,23-24,28-30,35,51H,14-16,19-21H2,1-10H3,(H,42,50)(H,47,48)/b13-11+,22-12+. The molecule has 0 radical (unpaired) electrons. The van der Waals surface area contributed by atoms with E-state index in [-0.39, 0.29) is 35.9 Å². The topological polar surface area (TPSA) is 194 Å². The number of esters is 1. The maximum Gasteiger partial charge on any atom is 0.409 e. The van der Waals surface area contributed by atoms with Crippen LogP contribution in [0.3, 0.4) is 0 Å². The molecule has 1 aromatic carbocycles. The van der Waals surface area contributed by atoms with Crippen molar-refractivity contribution in [2.75, 3.05) is 39.0 Å². The number of hydrogen-bond donors (Lipinski definition) is 3. The van der Waals surface area contributed by atoms with Crippen molar-refractivity contribution in [2.24, 2.45) is 5.92 Å². The number of rotatable bonds is 11. The minimum atomic E-state index is -1.85. The van der Waals surface area contributed by atoms with Crippen molar-refractivity contribution in [3.63, 3.8) is 0 Å². The molecular formula is C40H56ClN3O12S. The number of carbonyl (C=O) groups is 5. The zero-order chi connectivity index (χ0) is 42.6. The number of epoxide rings is 1. The highest BCUT2D eigenvalue weighted by atomic mass is 35.5.